The Hall–Kier alpha value is -3.22. The lowest BCUT2D eigenvalue weighted by Gasteiger charge is -2.30. The highest BCUT2D eigenvalue weighted by Gasteiger charge is 2.33. The fraction of sp³-hybridized carbons (Fsp3) is 0.438. The number of aliphatic carboxylic acids is 1. The zero-order valence-electron chi connectivity index (χ0n) is 23.4. The van der Waals surface area contributed by atoms with Crippen LogP contribution in [0.25, 0.3) is 22.3 Å². The molecule has 0 amide bonds. The fourth-order valence-electron chi connectivity index (χ4n) is 5.79. The van der Waals surface area contributed by atoms with Crippen LogP contribution < -0.4 is 4.74 Å². The number of pyridine rings is 1. The maximum absolute atomic E-state index is 12.7. The van der Waals surface area contributed by atoms with Crippen molar-refractivity contribution in [3.05, 3.63) is 70.0 Å². The Balaban J connectivity index is 1.79. The van der Waals surface area contributed by atoms with E-state index in [4.69, 9.17) is 14.5 Å². The highest BCUT2D eigenvalue weighted by molar-refractivity contribution is 5.91. The largest absolute Gasteiger partial charge is 0.493 e. The number of hydrogen-bond acceptors (Lipinski definition) is 5. The Morgan fingerprint density at radius 3 is 2.45 bits per heavy atom. The molecule has 38 heavy (non-hydrogen) atoms. The van der Waals surface area contributed by atoms with Crippen molar-refractivity contribution in [2.24, 2.45) is 0 Å². The van der Waals surface area contributed by atoms with Gasteiger partial charge in [-0.05, 0) is 106 Å². The zero-order valence-corrected chi connectivity index (χ0v) is 23.4. The molecule has 0 radical (unpaired) electrons. The summed E-state index contributed by atoms with van der Waals surface area (Å²) in [7, 11) is 2.15. The van der Waals surface area contributed by atoms with Crippen LogP contribution in [0.4, 0.5) is 0 Å². The average Bonchev–Trinajstić information content (AvgIpc) is 2.86. The van der Waals surface area contributed by atoms with Crippen molar-refractivity contribution in [3.8, 4) is 28.0 Å². The molecule has 200 valence electrons. The number of aryl methyl sites for hydroxylation is 3. The van der Waals surface area contributed by atoms with Gasteiger partial charge in [0.05, 0.1) is 12.2 Å². The lowest BCUT2D eigenvalue weighted by atomic mass is 9.84. The minimum absolute atomic E-state index is 0.613. The van der Waals surface area contributed by atoms with Crippen molar-refractivity contribution in [1.82, 2.24) is 9.88 Å². The first-order valence-electron chi connectivity index (χ1n) is 13.5. The zero-order chi connectivity index (χ0) is 27.2. The molecule has 3 aromatic rings. The first kappa shape index (κ1) is 26.4. The van der Waals surface area contributed by atoms with Crippen LogP contribution in [0.15, 0.2) is 36.4 Å². The molecule has 2 aliphatic heterocycles. The van der Waals surface area contributed by atoms with Gasteiger partial charge in [-0.3, -0.25) is 4.98 Å². The van der Waals surface area contributed by atoms with E-state index in [0.717, 1.165) is 78.2 Å². The Kier molecular flexibility index (Phi) is 7.05. The second-order valence-electron chi connectivity index (χ2n) is 11.6. The smallest absolute Gasteiger partial charge is 0.337 e. The number of nitrogens with zero attached hydrogens (tertiary/aromatic N) is 2. The van der Waals surface area contributed by atoms with Crippen molar-refractivity contribution >= 4 is 5.97 Å². The van der Waals surface area contributed by atoms with E-state index in [1.165, 1.54) is 11.1 Å². The quantitative estimate of drug-likeness (QED) is 0.432. The van der Waals surface area contributed by atoms with Gasteiger partial charge in [0.2, 0.25) is 0 Å². The average molecular weight is 515 g/mol. The van der Waals surface area contributed by atoms with Crippen molar-refractivity contribution in [2.75, 3.05) is 20.2 Å². The molecule has 0 spiro atoms. The van der Waals surface area contributed by atoms with Crippen LogP contribution in [-0.2, 0) is 28.9 Å². The van der Waals surface area contributed by atoms with Gasteiger partial charge in [-0.25, -0.2) is 4.79 Å². The molecule has 2 aliphatic rings. The first-order valence-corrected chi connectivity index (χ1v) is 13.5. The molecule has 0 fully saturated rings. The predicted molar refractivity (Wildman–Crippen MR) is 150 cm³/mol. The maximum atomic E-state index is 12.7. The van der Waals surface area contributed by atoms with E-state index in [9.17, 15) is 9.90 Å². The molecule has 0 saturated carbocycles. The van der Waals surface area contributed by atoms with E-state index in [0.29, 0.717) is 11.3 Å². The standard InChI is InChI=1S/C32H38N2O4/c1-19-27(23-9-10-25-18-34(6)14-13-21(25)16-23)29(24-11-12-26-22(17-24)8-7-15-37-26)28(20(2)33-19)30(31(35)36)38-32(3,4)5/h9-12,16-17,30H,7-8,13-15,18H2,1-6H3,(H,35,36)/t30-/m0/s1. The van der Waals surface area contributed by atoms with E-state index >= 15 is 0 Å². The summed E-state index contributed by atoms with van der Waals surface area (Å²) >= 11 is 0. The molecule has 5 rings (SSSR count). The van der Waals surface area contributed by atoms with Gasteiger partial charge < -0.3 is 19.5 Å². The summed E-state index contributed by atoms with van der Waals surface area (Å²) in [5, 5.41) is 10.4. The number of ether oxygens (including phenoxy) is 2. The second-order valence-corrected chi connectivity index (χ2v) is 11.6. The predicted octanol–water partition coefficient (Wildman–Crippen LogP) is 6.29. The minimum Gasteiger partial charge on any atom is -0.493 e. The molecule has 0 unspecified atom stereocenters. The minimum atomic E-state index is -1.16. The first-order chi connectivity index (χ1) is 18.0. The van der Waals surface area contributed by atoms with Gasteiger partial charge in [-0.2, -0.15) is 0 Å². The van der Waals surface area contributed by atoms with E-state index in [1.54, 1.807) is 0 Å². The third kappa shape index (κ3) is 5.20. The molecular formula is C32H38N2O4. The number of rotatable bonds is 5. The topological polar surface area (TPSA) is 71.9 Å². The lowest BCUT2D eigenvalue weighted by Crippen LogP contribution is -2.28. The Labute approximate surface area is 225 Å². The van der Waals surface area contributed by atoms with Gasteiger partial charge >= 0.3 is 5.97 Å². The Bertz CT molecular complexity index is 1390. The highest BCUT2D eigenvalue weighted by Crippen LogP contribution is 2.44. The Morgan fingerprint density at radius 2 is 1.71 bits per heavy atom. The van der Waals surface area contributed by atoms with Crippen LogP contribution in [0.5, 0.6) is 5.75 Å². The Morgan fingerprint density at radius 1 is 1.00 bits per heavy atom. The molecule has 2 aromatic carbocycles. The molecule has 1 aromatic heterocycles. The number of aromatic nitrogens is 1. The number of carboxylic acids is 1. The number of carboxylic acid groups (broad SMARTS) is 1. The summed E-state index contributed by atoms with van der Waals surface area (Å²) in [5.41, 5.74) is 9.21. The number of benzene rings is 2. The molecular weight excluding hydrogens is 476 g/mol. The van der Waals surface area contributed by atoms with Crippen molar-refractivity contribution in [2.45, 2.75) is 72.1 Å². The number of fused-ring (bicyclic) bond motifs is 2. The van der Waals surface area contributed by atoms with Crippen LogP contribution in [0.3, 0.4) is 0 Å². The summed E-state index contributed by atoms with van der Waals surface area (Å²) < 4.78 is 12.1. The highest BCUT2D eigenvalue weighted by atomic mass is 16.5. The van der Waals surface area contributed by atoms with E-state index < -0.39 is 17.7 Å². The molecule has 1 N–H and O–H groups in total. The van der Waals surface area contributed by atoms with Gasteiger partial charge in [0, 0.05) is 35.6 Å². The van der Waals surface area contributed by atoms with Crippen LogP contribution in [0, 0.1) is 13.8 Å². The normalized spacial score (nSPS) is 16.4. The summed E-state index contributed by atoms with van der Waals surface area (Å²) in [6.45, 7) is 12.2. The van der Waals surface area contributed by atoms with Crippen molar-refractivity contribution in [1.29, 1.82) is 0 Å². The molecule has 0 aliphatic carbocycles. The maximum Gasteiger partial charge on any atom is 0.337 e. The summed E-state index contributed by atoms with van der Waals surface area (Å²) in [6, 6.07) is 12.9. The van der Waals surface area contributed by atoms with E-state index in [2.05, 4.69) is 42.3 Å². The van der Waals surface area contributed by atoms with Gasteiger partial charge in [0.15, 0.2) is 6.10 Å². The molecule has 3 heterocycles. The van der Waals surface area contributed by atoms with Crippen LogP contribution in [-0.4, -0.2) is 46.8 Å². The van der Waals surface area contributed by atoms with Gasteiger partial charge in [0.1, 0.15) is 5.75 Å². The fourth-order valence-corrected chi connectivity index (χ4v) is 5.79. The number of carbonyl (C=O) groups is 1. The van der Waals surface area contributed by atoms with Crippen molar-refractivity contribution in [3.63, 3.8) is 0 Å². The summed E-state index contributed by atoms with van der Waals surface area (Å²) in [5.74, 6) is -0.111. The monoisotopic (exact) mass is 514 g/mol. The van der Waals surface area contributed by atoms with Crippen molar-refractivity contribution < 1.29 is 19.4 Å². The summed E-state index contributed by atoms with van der Waals surface area (Å²) in [4.78, 5) is 20.0. The molecule has 1 atom stereocenters. The van der Waals surface area contributed by atoms with Crippen LogP contribution in [0.2, 0.25) is 0 Å². The van der Waals surface area contributed by atoms with E-state index in [-0.39, 0.29) is 0 Å². The molecule has 6 heteroatoms. The third-order valence-corrected chi connectivity index (χ3v) is 7.46. The molecule has 6 nitrogen and oxygen atoms in total. The van der Waals surface area contributed by atoms with Gasteiger partial charge in [-0.1, -0.05) is 24.3 Å². The third-order valence-electron chi connectivity index (χ3n) is 7.46. The van der Waals surface area contributed by atoms with Gasteiger partial charge in [-0.15, -0.1) is 0 Å². The summed E-state index contributed by atoms with van der Waals surface area (Å²) in [6.07, 6.45) is 1.73. The number of likely N-dealkylation sites (N-methyl/N-ethyl adjacent to an activating group) is 1. The molecule has 0 saturated heterocycles. The van der Waals surface area contributed by atoms with Crippen LogP contribution >= 0.6 is 0 Å². The second kappa shape index (κ2) is 10.2. The lowest BCUT2D eigenvalue weighted by molar-refractivity contribution is -0.160. The number of hydrogen-bond donors (Lipinski definition) is 1. The van der Waals surface area contributed by atoms with Crippen LogP contribution in [0.1, 0.15) is 66.9 Å². The van der Waals surface area contributed by atoms with Gasteiger partial charge in [0.25, 0.3) is 0 Å². The SMILES string of the molecule is Cc1nc(C)c([C@H](OC(C)(C)C)C(=O)O)c(-c2ccc3c(c2)CCCO3)c1-c1ccc2c(c1)CCN(C)C2. The molecule has 0 bridgehead atoms. The van der Waals surface area contributed by atoms with E-state index in [1.807, 2.05) is 40.7 Å².